The van der Waals surface area contributed by atoms with Crippen molar-refractivity contribution in [2.24, 2.45) is 0 Å². The van der Waals surface area contributed by atoms with Gasteiger partial charge in [-0.15, -0.1) is 11.3 Å². The molecule has 1 aliphatic rings. The molecule has 6 nitrogen and oxygen atoms in total. The first kappa shape index (κ1) is 20.4. The quantitative estimate of drug-likeness (QED) is 0.604. The van der Waals surface area contributed by atoms with E-state index in [4.69, 9.17) is 14.5 Å². The number of piperazine rings is 1. The number of ether oxygens (including phenoxy) is 2. The molecule has 0 unspecified atom stereocenters. The number of thiazole rings is 1. The average molecular weight is 424 g/mol. The molecule has 30 heavy (non-hydrogen) atoms. The van der Waals surface area contributed by atoms with Gasteiger partial charge in [0.25, 0.3) is 5.91 Å². The van der Waals surface area contributed by atoms with Crippen LogP contribution in [0.4, 0.5) is 0 Å². The van der Waals surface area contributed by atoms with E-state index >= 15 is 0 Å². The van der Waals surface area contributed by atoms with Crippen molar-refractivity contribution in [2.45, 2.75) is 6.54 Å². The van der Waals surface area contributed by atoms with E-state index in [1.165, 1.54) is 0 Å². The van der Waals surface area contributed by atoms with Gasteiger partial charge in [-0.05, 0) is 24.3 Å². The van der Waals surface area contributed by atoms with Gasteiger partial charge in [-0.25, -0.2) is 4.98 Å². The van der Waals surface area contributed by atoms with Gasteiger partial charge >= 0.3 is 0 Å². The van der Waals surface area contributed by atoms with Crippen LogP contribution in [0.5, 0.6) is 11.5 Å². The molecule has 4 rings (SSSR count). The summed E-state index contributed by atoms with van der Waals surface area (Å²) < 4.78 is 10.8. The third kappa shape index (κ3) is 4.47. The van der Waals surface area contributed by atoms with Crippen molar-refractivity contribution in [1.29, 1.82) is 0 Å². The fourth-order valence-corrected chi connectivity index (χ4v) is 4.42. The van der Waals surface area contributed by atoms with Gasteiger partial charge in [-0.3, -0.25) is 9.69 Å². The second-order valence-electron chi connectivity index (χ2n) is 7.14. The smallest absolute Gasteiger partial charge is 0.253 e. The summed E-state index contributed by atoms with van der Waals surface area (Å²) in [7, 11) is 3.30. The number of hydrogen-bond donors (Lipinski definition) is 0. The number of benzene rings is 2. The topological polar surface area (TPSA) is 54.9 Å². The highest BCUT2D eigenvalue weighted by Gasteiger charge is 2.22. The van der Waals surface area contributed by atoms with Crippen molar-refractivity contribution in [3.8, 4) is 22.1 Å². The number of carbonyl (C=O) groups excluding carboxylic acids is 1. The van der Waals surface area contributed by atoms with E-state index in [0.29, 0.717) is 0 Å². The van der Waals surface area contributed by atoms with Crippen LogP contribution < -0.4 is 9.47 Å². The highest BCUT2D eigenvalue weighted by atomic mass is 32.1. The Morgan fingerprint density at radius 1 is 1.03 bits per heavy atom. The van der Waals surface area contributed by atoms with Crippen molar-refractivity contribution >= 4 is 17.2 Å². The second kappa shape index (κ2) is 9.28. The molecule has 1 saturated heterocycles. The zero-order valence-electron chi connectivity index (χ0n) is 17.2. The van der Waals surface area contributed by atoms with Gasteiger partial charge in [-0.1, -0.05) is 18.2 Å². The summed E-state index contributed by atoms with van der Waals surface area (Å²) in [6, 6.07) is 15.3. The van der Waals surface area contributed by atoms with Crippen LogP contribution in [-0.2, 0) is 6.54 Å². The summed E-state index contributed by atoms with van der Waals surface area (Å²) in [5.41, 5.74) is 2.76. The van der Waals surface area contributed by atoms with Gasteiger partial charge in [0, 0.05) is 49.7 Å². The molecule has 3 aromatic rings. The maximum atomic E-state index is 12.6. The van der Waals surface area contributed by atoms with Gasteiger partial charge in [-0.2, -0.15) is 0 Å². The van der Waals surface area contributed by atoms with E-state index in [1.54, 1.807) is 25.6 Å². The van der Waals surface area contributed by atoms with Crippen LogP contribution in [0.25, 0.3) is 10.6 Å². The van der Waals surface area contributed by atoms with Crippen molar-refractivity contribution in [3.05, 3.63) is 65.2 Å². The Labute approximate surface area is 180 Å². The Balaban J connectivity index is 1.37. The normalized spacial score (nSPS) is 14.5. The lowest BCUT2D eigenvalue weighted by atomic mass is 10.2. The first-order valence-corrected chi connectivity index (χ1v) is 10.8. The Kier molecular flexibility index (Phi) is 6.30. The Hall–Kier alpha value is -2.90. The predicted molar refractivity (Wildman–Crippen MR) is 118 cm³/mol. The SMILES string of the molecule is COc1ccc(-c2nc(CN3CCN(C(=O)c4ccccc4)CC3)cs2)c(OC)c1. The number of hydrogen-bond acceptors (Lipinski definition) is 6. The Morgan fingerprint density at radius 2 is 1.80 bits per heavy atom. The molecule has 0 aliphatic carbocycles. The van der Waals surface area contributed by atoms with Gasteiger partial charge in [0.1, 0.15) is 16.5 Å². The van der Waals surface area contributed by atoms with Gasteiger partial charge in [0.15, 0.2) is 0 Å². The van der Waals surface area contributed by atoms with Crippen molar-refractivity contribution in [1.82, 2.24) is 14.8 Å². The summed E-state index contributed by atoms with van der Waals surface area (Å²) in [5, 5.41) is 3.03. The molecule has 2 heterocycles. The summed E-state index contributed by atoms with van der Waals surface area (Å²) >= 11 is 1.61. The molecule has 0 bridgehead atoms. The number of rotatable bonds is 6. The number of carbonyl (C=O) groups is 1. The molecule has 1 aliphatic heterocycles. The molecule has 0 N–H and O–H groups in total. The van der Waals surface area contributed by atoms with Crippen molar-refractivity contribution < 1.29 is 14.3 Å². The Morgan fingerprint density at radius 3 is 2.50 bits per heavy atom. The number of aromatic nitrogens is 1. The third-order valence-corrected chi connectivity index (χ3v) is 6.18. The van der Waals surface area contributed by atoms with Crippen LogP contribution in [0.1, 0.15) is 16.1 Å². The van der Waals surface area contributed by atoms with E-state index in [0.717, 1.165) is 66.1 Å². The lowest BCUT2D eigenvalue weighted by Crippen LogP contribution is -2.48. The Bertz CT molecular complexity index is 998. The summed E-state index contributed by atoms with van der Waals surface area (Å²) in [6.45, 7) is 3.94. The minimum atomic E-state index is 0.109. The highest BCUT2D eigenvalue weighted by Crippen LogP contribution is 2.35. The zero-order valence-corrected chi connectivity index (χ0v) is 18.0. The predicted octanol–water partition coefficient (Wildman–Crippen LogP) is 3.79. The third-order valence-electron chi connectivity index (χ3n) is 5.26. The molecule has 0 saturated carbocycles. The zero-order chi connectivity index (χ0) is 20.9. The van der Waals surface area contributed by atoms with E-state index in [1.807, 2.05) is 53.4 Å². The molecule has 1 fully saturated rings. The minimum absolute atomic E-state index is 0.109. The van der Waals surface area contributed by atoms with E-state index in [2.05, 4.69) is 10.3 Å². The molecule has 0 radical (unpaired) electrons. The lowest BCUT2D eigenvalue weighted by molar-refractivity contribution is 0.0627. The van der Waals surface area contributed by atoms with Gasteiger partial charge in [0.05, 0.1) is 25.5 Å². The molecule has 156 valence electrons. The van der Waals surface area contributed by atoms with Crippen LogP contribution in [0.15, 0.2) is 53.9 Å². The van der Waals surface area contributed by atoms with Crippen LogP contribution in [0, 0.1) is 0 Å². The van der Waals surface area contributed by atoms with Crippen LogP contribution >= 0.6 is 11.3 Å². The standard InChI is InChI=1S/C23H25N3O3S/c1-28-19-8-9-20(21(14-19)29-2)22-24-18(16-30-22)15-25-10-12-26(13-11-25)23(27)17-6-4-3-5-7-17/h3-9,14,16H,10-13,15H2,1-2H3. The fraction of sp³-hybridized carbons (Fsp3) is 0.304. The van der Waals surface area contributed by atoms with E-state index in [9.17, 15) is 4.79 Å². The molecule has 2 aromatic carbocycles. The van der Waals surface area contributed by atoms with Crippen LogP contribution in [0.3, 0.4) is 0 Å². The van der Waals surface area contributed by atoms with Crippen molar-refractivity contribution in [3.63, 3.8) is 0 Å². The van der Waals surface area contributed by atoms with E-state index < -0.39 is 0 Å². The lowest BCUT2D eigenvalue weighted by Gasteiger charge is -2.34. The maximum Gasteiger partial charge on any atom is 0.253 e. The van der Waals surface area contributed by atoms with Gasteiger partial charge in [0.2, 0.25) is 0 Å². The largest absolute Gasteiger partial charge is 0.497 e. The molecule has 0 atom stereocenters. The molecular formula is C23H25N3O3S. The molecule has 1 aromatic heterocycles. The summed E-state index contributed by atoms with van der Waals surface area (Å²) in [5.74, 6) is 1.62. The molecular weight excluding hydrogens is 398 g/mol. The average Bonchev–Trinajstić information content (AvgIpc) is 3.27. The van der Waals surface area contributed by atoms with Crippen LogP contribution in [-0.4, -0.2) is 61.1 Å². The molecule has 7 heteroatoms. The summed E-state index contributed by atoms with van der Waals surface area (Å²) in [4.78, 5) is 21.7. The first-order valence-electron chi connectivity index (χ1n) is 9.91. The van der Waals surface area contributed by atoms with Crippen molar-refractivity contribution in [2.75, 3.05) is 40.4 Å². The first-order chi connectivity index (χ1) is 14.7. The van der Waals surface area contributed by atoms with Gasteiger partial charge < -0.3 is 14.4 Å². The molecule has 1 amide bonds. The maximum absolute atomic E-state index is 12.6. The number of methoxy groups -OCH3 is 2. The number of nitrogens with zero attached hydrogens (tertiary/aromatic N) is 3. The van der Waals surface area contributed by atoms with Crippen LogP contribution in [0.2, 0.25) is 0 Å². The fourth-order valence-electron chi connectivity index (χ4n) is 3.58. The number of amides is 1. The van der Waals surface area contributed by atoms with E-state index in [-0.39, 0.29) is 5.91 Å². The minimum Gasteiger partial charge on any atom is -0.497 e. The monoisotopic (exact) mass is 423 g/mol. The highest BCUT2D eigenvalue weighted by molar-refractivity contribution is 7.13. The second-order valence-corrected chi connectivity index (χ2v) is 8.00. The summed E-state index contributed by atoms with van der Waals surface area (Å²) in [6.07, 6.45) is 0. The molecule has 0 spiro atoms.